The van der Waals surface area contributed by atoms with Crippen LogP contribution in [0.25, 0.3) is 0 Å². The van der Waals surface area contributed by atoms with Crippen molar-refractivity contribution >= 4 is 27.3 Å². The molecule has 0 fully saturated rings. The van der Waals surface area contributed by atoms with Crippen LogP contribution in [-0.2, 0) is 16.4 Å². The van der Waals surface area contributed by atoms with E-state index in [2.05, 4.69) is 5.32 Å². The van der Waals surface area contributed by atoms with Crippen LogP contribution in [0.4, 0.5) is 11.4 Å². The molecule has 144 valence electrons. The number of fused-ring (bicyclic) bond motifs is 1. The first kappa shape index (κ1) is 18.3. The standard InChI is InChI=1S/C21H20N2O4S/c1-15-6-9-18(10-7-15)28(25,26)23-12-2-4-16-14-17(8-11-19(16)23)22-21(24)20-5-3-13-27-20/h3,5-11,13-14H,2,4,12H2,1H3,(H,22,24). The van der Waals surface area contributed by atoms with Gasteiger partial charge in [-0.2, -0.15) is 0 Å². The Balaban J connectivity index is 1.63. The average Bonchev–Trinajstić information content (AvgIpc) is 3.22. The first-order valence-corrected chi connectivity index (χ1v) is 10.5. The molecule has 6 nitrogen and oxygen atoms in total. The molecule has 1 aliphatic heterocycles. The minimum absolute atomic E-state index is 0.223. The second-order valence-electron chi connectivity index (χ2n) is 6.77. The maximum Gasteiger partial charge on any atom is 0.291 e. The van der Waals surface area contributed by atoms with Crippen molar-refractivity contribution in [3.8, 4) is 0 Å². The highest BCUT2D eigenvalue weighted by Crippen LogP contribution is 2.34. The van der Waals surface area contributed by atoms with E-state index in [0.717, 1.165) is 17.5 Å². The monoisotopic (exact) mass is 396 g/mol. The van der Waals surface area contributed by atoms with Crippen molar-refractivity contribution in [3.63, 3.8) is 0 Å². The molecule has 2 heterocycles. The van der Waals surface area contributed by atoms with Crippen LogP contribution in [-0.4, -0.2) is 20.9 Å². The SMILES string of the molecule is Cc1ccc(S(=O)(=O)N2CCCc3cc(NC(=O)c4ccco4)ccc32)cc1. The summed E-state index contributed by atoms with van der Waals surface area (Å²) in [7, 11) is -3.63. The van der Waals surface area contributed by atoms with Crippen molar-refractivity contribution in [2.24, 2.45) is 0 Å². The zero-order chi connectivity index (χ0) is 19.7. The van der Waals surface area contributed by atoms with E-state index in [4.69, 9.17) is 4.42 Å². The molecule has 1 aliphatic rings. The van der Waals surface area contributed by atoms with Gasteiger partial charge >= 0.3 is 0 Å². The number of hydrogen-bond acceptors (Lipinski definition) is 4. The van der Waals surface area contributed by atoms with Crippen LogP contribution in [0.3, 0.4) is 0 Å². The zero-order valence-corrected chi connectivity index (χ0v) is 16.2. The number of carbonyl (C=O) groups excluding carboxylic acids is 1. The van der Waals surface area contributed by atoms with E-state index in [1.165, 1.54) is 10.6 Å². The minimum Gasteiger partial charge on any atom is -0.459 e. The Labute approximate surface area is 163 Å². The summed E-state index contributed by atoms with van der Waals surface area (Å²) in [4.78, 5) is 12.4. The second-order valence-corrected chi connectivity index (χ2v) is 8.63. The number of sulfonamides is 1. The van der Waals surface area contributed by atoms with E-state index in [-0.39, 0.29) is 16.6 Å². The van der Waals surface area contributed by atoms with E-state index in [9.17, 15) is 13.2 Å². The lowest BCUT2D eigenvalue weighted by molar-refractivity contribution is 0.0996. The molecule has 0 radical (unpaired) electrons. The molecule has 0 unspecified atom stereocenters. The molecule has 3 aromatic rings. The molecule has 1 N–H and O–H groups in total. The van der Waals surface area contributed by atoms with Crippen LogP contribution >= 0.6 is 0 Å². The lowest BCUT2D eigenvalue weighted by Gasteiger charge is -2.31. The zero-order valence-electron chi connectivity index (χ0n) is 15.4. The highest BCUT2D eigenvalue weighted by Gasteiger charge is 2.29. The van der Waals surface area contributed by atoms with Crippen molar-refractivity contribution in [2.45, 2.75) is 24.7 Å². The number of anilines is 2. The fraction of sp³-hybridized carbons (Fsp3) is 0.190. The predicted octanol–water partition coefficient (Wildman–Crippen LogP) is 3.98. The van der Waals surface area contributed by atoms with Crippen molar-refractivity contribution in [3.05, 3.63) is 77.7 Å². The Bertz CT molecular complexity index is 1100. The van der Waals surface area contributed by atoms with Gasteiger partial charge in [-0.15, -0.1) is 0 Å². The first-order valence-electron chi connectivity index (χ1n) is 9.02. The summed E-state index contributed by atoms with van der Waals surface area (Å²) in [5.74, 6) is -0.119. The van der Waals surface area contributed by atoms with Crippen LogP contribution in [0, 0.1) is 6.92 Å². The molecule has 0 saturated carbocycles. The van der Waals surface area contributed by atoms with Gasteiger partial charge in [-0.25, -0.2) is 8.42 Å². The second kappa shape index (κ2) is 7.16. The van der Waals surface area contributed by atoms with Crippen molar-refractivity contribution in [2.75, 3.05) is 16.2 Å². The molecular weight excluding hydrogens is 376 g/mol. The summed E-state index contributed by atoms with van der Waals surface area (Å²) >= 11 is 0. The molecule has 0 aliphatic carbocycles. The number of nitrogens with zero attached hydrogens (tertiary/aromatic N) is 1. The maximum absolute atomic E-state index is 13.1. The quantitative estimate of drug-likeness (QED) is 0.723. The Morgan fingerprint density at radius 1 is 1.11 bits per heavy atom. The van der Waals surface area contributed by atoms with E-state index in [1.807, 2.05) is 13.0 Å². The van der Waals surface area contributed by atoms with Crippen molar-refractivity contribution < 1.29 is 17.6 Å². The number of carbonyl (C=O) groups is 1. The Kier molecular flexibility index (Phi) is 4.68. The molecule has 2 aromatic carbocycles. The molecule has 1 aromatic heterocycles. The molecule has 4 rings (SSSR count). The third kappa shape index (κ3) is 3.41. The number of benzene rings is 2. The van der Waals surface area contributed by atoms with E-state index in [0.29, 0.717) is 24.3 Å². The van der Waals surface area contributed by atoms with Gasteiger partial charge in [-0.3, -0.25) is 9.10 Å². The van der Waals surface area contributed by atoms with Crippen molar-refractivity contribution in [1.29, 1.82) is 0 Å². The number of amides is 1. The predicted molar refractivity (Wildman–Crippen MR) is 107 cm³/mol. The summed E-state index contributed by atoms with van der Waals surface area (Å²) in [5.41, 5.74) is 3.16. The lowest BCUT2D eigenvalue weighted by atomic mass is 10.0. The number of furan rings is 1. The fourth-order valence-corrected chi connectivity index (χ4v) is 4.87. The largest absolute Gasteiger partial charge is 0.459 e. The van der Waals surface area contributed by atoms with Gasteiger partial charge < -0.3 is 9.73 Å². The fourth-order valence-electron chi connectivity index (χ4n) is 3.33. The normalized spacial score (nSPS) is 13.8. The molecule has 0 atom stereocenters. The van der Waals surface area contributed by atoms with Crippen LogP contribution < -0.4 is 9.62 Å². The first-order chi connectivity index (χ1) is 13.4. The Hall–Kier alpha value is -3.06. The van der Waals surface area contributed by atoms with Gasteiger partial charge in [-0.1, -0.05) is 17.7 Å². The van der Waals surface area contributed by atoms with E-state index >= 15 is 0 Å². The van der Waals surface area contributed by atoms with Gasteiger partial charge in [-0.05, 0) is 67.8 Å². The lowest BCUT2D eigenvalue weighted by Crippen LogP contribution is -2.35. The molecule has 7 heteroatoms. The number of rotatable bonds is 4. The molecule has 1 amide bonds. The smallest absolute Gasteiger partial charge is 0.291 e. The molecule has 0 bridgehead atoms. The summed E-state index contributed by atoms with van der Waals surface area (Å²) in [6, 6.07) is 15.4. The minimum atomic E-state index is -3.63. The highest BCUT2D eigenvalue weighted by atomic mass is 32.2. The third-order valence-corrected chi connectivity index (χ3v) is 6.59. The Morgan fingerprint density at radius 3 is 2.61 bits per heavy atom. The molecule has 0 saturated heterocycles. The van der Waals surface area contributed by atoms with Crippen molar-refractivity contribution in [1.82, 2.24) is 0 Å². The van der Waals surface area contributed by atoms with E-state index < -0.39 is 10.0 Å². The third-order valence-electron chi connectivity index (χ3n) is 4.77. The van der Waals surface area contributed by atoms with Crippen LogP contribution in [0.15, 0.2) is 70.2 Å². The summed E-state index contributed by atoms with van der Waals surface area (Å²) in [6.45, 7) is 2.35. The maximum atomic E-state index is 13.1. The van der Waals surface area contributed by atoms with Crippen LogP contribution in [0.2, 0.25) is 0 Å². The topological polar surface area (TPSA) is 79.6 Å². The summed E-state index contributed by atoms with van der Waals surface area (Å²) in [5, 5.41) is 2.79. The van der Waals surface area contributed by atoms with Gasteiger partial charge in [0.1, 0.15) is 0 Å². The number of hydrogen-bond donors (Lipinski definition) is 1. The van der Waals surface area contributed by atoms with Gasteiger partial charge in [0.05, 0.1) is 16.8 Å². The number of nitrogens with one attached hydrogen (secondary N) is 1. The number of aryl methyl sites for hydroxylation is 2. The van der Waals surface area contributed by atoms with Gasteiger partial charge in [0.2, 0.25) is 0 Å². The van der Waals surface area contributed by atoms with Gasteiger partial charge in [0.15, 0.2) is 5.76 Å². The average molecular weight is 396 g/mol. The molecular formula is C21H20N2O4S. The molecule has 0 spiro atoms. The van der Waals surface area contributed by atoms with Gasteiger partial charge in [0, 0.05) is 12.2 Å². The summed E-state index contributed by atoms with van der Waals surface area (Å²) < 4.78 is 32.8. The van der Waals surface area contributed by atoms with Crippen LogP contribution in [0.1, 0.15) is 28.1 Å². The van der Waals surface area contributed by atoms with E-state index in [1.54, 1.807) is 48.5 Å². The molecule has 28 heavy (non-hydrogen) atoms. The highest BCUT2D eigenvalue weighted by molar-refractivity contribution is 7.92. The van der Waals surface area contributed by atoms with Gasteiger partial charge in [0.25, 0.3) is 15.9 Å². The van der Waals surface area contributed by atoms with Crippen LogP contribution in [0.5, 0.6) is 0 Å². The summed E-state index contributed by atoms with van der Waals surface area (Å²) in [6.07, 6.45) is 2.91. The Morgan fingerprint density at radius 2 is 1.89 bits per heavy atom.